The molecule has 0 spiro atoms. The van der Waals surface area contributed by atoms with Gasteiger partial charge in [-0.05, 0) is 18.6 Å². The van der Waals surface area contributed by atoms with Crippen LogP contribution < -0.4 is 10.6 Å². The number of ether oxygens (including phenoxy) is 2. The highest BCUT2D eigenvalue weighted by atomic mass is 16.7. The molecule has 25 heavy (non-hydrogen) atoms. The van der Waals surface area contributed by atoms with Gasteiger partial charge in [-0.25, -0.2) is 0 Å². The minimum Gasteiger partial charge on any atom is -0.354 e. The molecule has 3 rings (SSSR count). The van der Waals surface area contributed by atoms with E-state index in [4.69, 9.17) is 9.47 Å². The maximum atomic E-state index is 5.19. The molecule has 0 bridgehead atoms. The van der Waals surface area contributed by atoms with Gasteiger partial charge in [-0.2, -0.15) is 15.1 Å². The number of para-hydroxylation sites is 1. The number of methoxy groups -OCH3 is 2. The molecule has 0 saturated heterocycles. The lowest BCUT2D eigenvalue weighted by Gasteiger charge is -2.15. The summed E-state index contributed by atoms with van der Waals surface area (Å²) in [6, 6.07) is 8.05. The molecule has 0 aliphatic carbocycles. The van der Waals surface area contributed by atoms with Crippen LogP contribution in [0.4, 0.5) is 17.5 Å². The predicted octanol–water partition coefficient (Wildman–Crippen LogP) is 2.45. The van der Waals surface area contributed by atoms with Crippen LogP contribution >= 0.6 is 0 Å². The Morgan fingerprint density at radius 2 is 1.92 bits per heavy atom. The molecule has 0 saturated carbocycles. The third kappa shape index (κ3) is 3.70. The number of nitrogens with one attached hydrogen (secondary N) is 2. The third-order valence-electron chi connectivity index (χ3n) is 3.94. The van der Waals surface area contributed by atoms with Gasteiger partial charge in [0.05, 0.1) is 18.1 Å². The maximum Gasteiger partial charge on any atom is 0.226 e. The zero-order valence-corrected chi connectivity index (χ0v) is 14.8. The highest BCUT2D eigenvalue weighted by Gasteiger charge is 2.13. The molecule has 0 atom stereocenters. The van der Waals surface area contributed by atoms with E-state index < -0.39 is 0 Å². The average Bonchev–Trinajstić information content (AvgIpc) is 2.99. The lowest BCUT2D eigenvalue weighted by Crippen LogP contribution is -2.24. The zero-order chi connectivity index (χ0) is 17.8. The molecule has 0 unspecified atom stereocenters. The molecule has 2 N–H and O–H groups in total. The number of hydrogen-bond donors (Lipinski definition) is 2. The van der Waals surface area contributed by atoms with Crippen LogP contribution in [0.2, 0.25) is 0 Å². The Morgan fingerprint density at radius 3 is 2.64 bits per heavy atom. The van der Waals surface area contributed by atoms with Gasteiger partial charge < -0.3 is 20.1 Å². The number of benzene rings is 1. The topological polar surface area (TPSA) is 86.1 Å². The first kappa shape index (κ1) is 17.1. The quantitative estimate of drug-likeness (QED) is 0.638. The summed E-state index contributed by atoms with van der Waals surface area (Å²) in [7, 11) is 5.03. The maximum absolute atomic E-state index is 5.19. The van der Waals surface area contributed by atoms with Gasteiger partial charge in [0.1, 0.15) is 5.82 Å². The van der Waals surface area contributed by atoms with Gasteiger partial charge in [-0.1, -0.05) is 18.2 Å². The van der Waals surface area contributed by atoms with Gasteiger partial charge in [0, 0.05) is 27.0 Å². The molecule has 0 aliphatic rings. The van der Waals surface area contributed by atoms with Crippen molar-refractivity contribution < 1.29 is 9.47 Å². The molecule has 2 aromatic heterocycles. The lowest BCUT2D eigenvalue weighted by atomic mass is 10.2. The average molecular weight is 342 g/mol. The zero-order valence-electron chi connectivity index (χ0n) is 14.8. The van der Waals surface area contributed by atoms with Crippen molar-refractivity contribution in [2.75, 3.05) is 31.4 Å². The highest BCUT2D eigenvalue weighted by Crippen LogP contribution is 2.26. The van der Waals surface area contributed by atoms with Crippen molar-refractivity contribution in [3.05, 3.63) is 36.0 Å². The SMILES string of the molecule is COC(CNc1nc(Nc2ccccc2C)c2cnn(C)c2n1)OC. The van der Waals surface area contributed by atoms with Gasteiger partial charge in [-0.15, -0.1) is 0 Å². The van der Waals surface area contributed by atoms with Crippen LogP contribution in [-0.4, -0.2) is 46.8 Å². The molecule has 0 aliphatic heterocycles. The van der Waals surface area contributed by atoms with Crippen LogP contribution in [0, 0.1) is 6.92 Å². The number of anilines is 3. The van der Waals surface area contributed by atoms with E-state index in [9.17, 15) is 0 Å². The molecule has 8 heteroatoms. The first-order valence-electron chi connectivity index (χ1n) is 7.94. The smallest absolute Gasteiger partial charge is 0.226 e. The summed E-state index contributed by atoms with van der Waals surface area (Å²) in [6.07, 6.45) is 1.38. The summed E-state index contributed by atoms with van der Waals surface area (Å²) in [5.74, 6) is 1.17. The normalized spacial score (nSPS) is 11.2. The van der Waals surface area contributed by atoms with Crippen molar-refractivity contribution in [3.63, 3.8) is 0 Å². The van der Waals surface area contributed by atoms with E-state index in [2.05, 4.69) is 25.7 Å². The second kappa shape index (κ2) is 7.45. The Bertz CT molecular complexity index is 859. The van der Waals surface area contributed by atoms with E-state index >= 15 is 0 Å². The monoisotopic (exact) mass is 342 g/mol. The molecule has 0 fully saturated rings. The van der Waals surface area contributed by atoms with Crippen LogP contribution in [0.3, 0.4) is 0 Å². The van der Waals surface area contributed by atoms with E-state index in [1.807, 2.05) is 38.2 Å². The number of aromatic nitrogens is 4. The fraction of sp³-hybridized carbons (Fsp3) is 0.353. The largest absolute Gasteiger partial charge is 0.354 e. The van der Waals surface area contributed by atoms with E-state index in [1.54, 1.807) is 25.1 Å². The molecular formula is C17H22N6O2. The molecule has 1 aromatic carbocycles. The molecule has 2 heterocycles. The molecule has 8 nitrogen and oxygen atoms in total. The van der Waals surface area contributed by atoms with Crippen LogP contribution in [-0.2, 0) is 16.5 Å². The summed E-state index contributed by atoms with van der Waals surface area (Å²) in [5.41, 5.74) is 2.86. The molecule has 0 amide bonds. The van der Waals surface area contributed by atoms with Crippen molar-refractivity contribution in [3.8, 4) is 0 Å². The molecule has 132 valence electrons. The predicted molar refractivity (Wildman–Crippen MR) is 97.1 cm³/mol. The number of hydrogen-bond acceptors (Lipinski definition) is 7. The molecule has 3 aromatic rings. The third-order valence-corrected chi connectivity index (χ3v) is 3.94. The Labute approximate surface area is 146 Å². The highest BCUT2D eigenvalue weighted by molar-refractivity contribution is 5.89. The second-order valence-electron chi connectivity index (χ2n) is 5.62. The van der Waals surface area contributed by atoms with Crippen molar-refractivity contribution in [1.82, 2.24) is 19.7 Å². The minimum absolute atomic E-state index is 0.376. The summed E-state index contributed by atoms with van der Waals surface area (Å²) >= 11 is 0. The summed E-state index contributed by atoms with van der Waals surface area (Å²) in [4.78, 5) is 9.12. The Morgan fingerprint density at radius 1 is 1.16 bits per heavy atom. The Kier molecular flexibility index (Phi) is 5.11. The standard InChI is InChI=1S/C17H22N6O2/c1-11-7-5-6-8-13(11)20-15-12-9-19-23(2)16(12)22-17(21-15)18-10-14(24-3)25-4/h5-9,14H,10H2,1-4H3,(H2,18,20,21,22). The first-order valence-corrected chi connectivity index (χ1v) is 7.94. The lowest BCUT2D eigenvalue weighted by molar-refractivity contribution is -0.0914. The van der Waals surface area contributed by atoms with E-state index in [0.717, 1.165) is 22.3 Å². The van der Waals surface area contributed by atoms with Gasteiger partial charge in [0.2, 0.25) is 5.95 Å². The van der Waals surface area contributed by atoms with Crippen molar-refractivity contribution >= 4 is 28.5 Å². The van der Waals surface area contributed by atoms with E-state index in [-0.39, 0.29) is 6.29 Å². The van der Waals surface area contributed by atoms with Gasteiger partial charge >= 0.3 is 0 Å². The fourth-order valence-electron chi connectivity index (χ4n) is 2.47. The number of nitrogens with zero attached hydrogens (tertiary/aromatic N) is 4. The minimum atomic E-state index is -0.376. The van der Waals surface area contributed by atoms with Crippen molar-refractivity contribution in [2.45, 2.75) is 13.2 Å². The van der Waals surface area contributed by atoms with E-state index in [1.165, 1.54) is 0 Å². The Balaban J connectivity index is 1.94. The van der Waals surface area contributed by atoms with Crippen LogP contribution in [0.1, 0.15) is 5.56 Å². The van der Waals surface area contributed by atoms with Crippen molar-refractivity contribution in [2.24, 2.45) is 7.05 Å². The first-order chi connectivity index (χ1) is 12.1. The Hall–Kier alpha value is -2.71. The van der Waals surface area contributed by atoms with Gasteiger partial charge in [0.25, 0.3) is 0 Å². The van der Waals surface area contributed by atoms with Gasteiger partial charge in [-0.3, -0.25) is 4.68 Å². The van der Waals surface area contributed by atoms with Crippen LogP contribution in [0.15, 0.2) is 30.5 Å². The van der Waals surface area contributed by atoms with Crippen molar-refractivity contribution in [1.29, 1.82) is 0 Å². The second-order valence-corrected chi connectivity index (χ2v) is 5.62. The van der Waals surface area contributed by atoms with Crippen LogP contribution in [0.25, 0.3) is 11.0 Å². The fourth-order valence-corrected chi connectivity index (χ4v) is 2.47. The number of aryl methyl sites for hydroxylation is 2. The summed E-state index contributed by atoms with van der Waals surface area (Å²) < 4.78 is 12.1. The summed E-state index contributed by atoms with van der Waals surface area (Å²) in [6.45, 7) is 2.48. The van der Waals surface area contributed by atoms with Gasteiger partial charge in [0.15, 0.2) is 11.9 Å². The molecular weight excluding hydrogens is 320 g/mol. The number of rotatable bonds is 7. The number of fused-ring (bicyclic) bond motifs is 1. The van der Waals surface area contributed by atoms with Crippen LogP contribution in [0.5, 0.6) is 0 Å². The summed E-state index contributed by atoms with van der Waals surface area (Å²) in [5, 5.41) is 11.7. The van der Waals surface area contributed by atoms with E-state index in [0.29, 0.717) is 18.3 Å². The molecule has 0 radical (unpaired) electrons.